The van der Waals surface area contributed by atoms with Crippen LogP contribution in [0.25, 0.3) is 22.4 Å². The normalized spacial score (nSPS) is 10.9. The molecule has 0 fully saturated rings. The number of anilines is 1. The molecule has 0 saturated carbocycles. The number of nitrogen functional groups attached to an aromatic ring is 1. The lowest BCUT2D eigenvalue weighted by atomic mass is 10.1. The van der Waals surface area contributed by atoms with Gasteiger partial charge in [0, 0.05) is 10.6 Å². The smallest absolute Gasteiger partial charge is 0.138 e. The van der Waals surface area contributed by atoms with E-state index in [1.807, 2.05) is 31.2 Å². The van der Waals surface area contributed by atoms with E-state index < -0.39 is 0 Å². The highest BCUT2D eigenvalue weighted by Gasteiger charge is 2.10. The number of hydrogen-bond acceptors (Lipinski definition) is 3. The van der Waals surface area contributed by atoms with E-state index >= 15 is 0 Å². The maximum atomic E-state index is 6.00. The fourth-order valence-corrected chi connectivity index (χ4v) is 2.44. The number of nitrogens with two attached hydrogens (primary N) is 1. The molecule has 1 aromatic heterocycles. The second kappa shape index (κ2) is 4.72. The van der Waals surface area contributed by atoms with Gasteiger partial charge in [-0.2, -0.15) is 0 Å². The zero-order valence-corrected chi connectivity index (χ0v) is 12.0. The van der Waals surface area contributed by atoms with Gasteiger partial charge in [-0.05, 0) is 30.7 Å². The molecule has 0 spiro atoms. The number of aromatic nitrogens is 2. The second-order valence-electron chi connectivity index (χ2n) is 4.66. The first-order valence-corrected chi connectivity index (χ1v) is 6.56. The number of ether oxygens (including phenoxy) is 1. The molecule has 1 heterocycles. The van der Waals surface area contributed by atoms with Crippen molar-refractivity contribution < 1.29 is 4.74 Å². The summed E-state index contributed by atoms with van der Waals surface area (Å²) in [6.07, 6.45) is 0. The molecule has 102 valence electrons. The van der Waals surface area contributed by atoms with Crippen LogP contribution in [-0.2, 0) is 0 Å². The van der Waals surface area contributed by atoms with E-state index in [0.717, 1.165) is 33.7 Å². The number of benzene rings is 2. The number of methoxy groups -OCH3 is 1. The van der Waals surface area contributed by atoms with Crippen molar-refractivity contribution in [2.24, 2.45) is 0 Å². The summed E-state index contributed by atoms with van der Waals surface area (Å²) in [5.74, 6) is 1.57. The number of aryl methyl sites for hydroxylation is 1. The van der Waals surface area contributed by atoms with Crippen molar-refractivity contribution in [3.05, 3.63) is 40.9 Å². The Morgan fingerprint density at radius 3 is 2.80 bits per heavy atom. The van der Waals surface area contributed by atoms with Gasteiger partial charge < -0.3 is 15.5 Å². The lowest BCUT2D eigenvalue weighted by Crippen LogP contribution is -1.89. The van der Waals surface area contributed by atoms with Crippen LogP contribution >= 0.6 is 11.6 Å². The Morgan fingerprint density at radius 1 is 1.25 bits per heavy atom. The highest BCUT2D eigenvalue weighted by Crippen LogP contribution is 2.29. The quantitative estimate of drug-likeness (QED) is 0.705. The highest BCUT2D eigenvalue weighted by molar-refractivity contribution is 6.31. The molecule has 3 N–H and O–H groups in total. The summed E-state index contributed by atoms with van der Waals surface area (Å²) in [6, 6.07) is 9.45. The number of imidazole rings is 1. The van der Waals surface area contributed by atoms with Crippen molar-refractivity contribution in [2.75, 3.05) is 12.8 Å². The van der Waals surface area contributed by atoms with Crippen LogP contribution in [0, 0.1) is 6.92 Å². The van der Waals surface area contributed by atoms with E-state index in [0.29, 0.717) is 10.7 Å². The molecule has 0 amide bonds. The highest BCUT2D eigenvalue weighted by atomic mass is 35.5. The van der Waals surface area contributed by atoms with Crippen molar-refractivity contribution in [3.8, 4) is 17.1 Å². The number of aromatic amines is 1. The molecule has 0 saturated heterocycles. The summed E-state index contributed by atoms with van der Waals surface area (Å²) in [5, 5.41) is 0.590. The average Bonchev–Trinajstić information content (AvgIpc) is 2.83. The molecule has 0 aliphatic carbocycles. The van der Waals surface area contributed by atoms with Crippen LogP contribution in [0.15, 0.2) is 30.3 Å². The number of nitrogens with one attached hydrogen (secondary N) is 1. The molecular weight excluding hydrogens is 274 g/mol. The molecule has 2 aromatic carbocycles. The van der Waals surface area contributed by atoms with Crippen LogP contribution in [0.2, 0.25) is 5.02 Å². The average molecular weight is 288 g/mol. The molecular formula is C15H14ClN3O. The molecule has 3 aromatic rings. The maximum absolute atomic E-state index is 6.00. The standard InChI is InChI=1S/C15H14ClN3O/c1-8-3-4-9(5-13(8)20-2)15-18-12-7-10(16)6-11(17)14(12)19-15/h3-7H,17H2,1-2H3,(H,18,19). The SMILES string of the molecule is COc1cc(-c2nc3c(N)cc(Cl)cc3[nH]2)ccc1C. The molecule has 4 nitrogen and oxygen atoms in total. The summed E-state index contributed by atoms with van der Waals surface area (Å²) in [7, 11) is 1.66. The van der Waals surface area contributed by atoms with Gasteiger partial charge in [0.1, 0.15) is 17.1 Å². The van der Waals surface area contributed by atoms with Gasteiger partial charge in [0.05, 0.1) is 18.3 Å². The van der Waals surface area contributed by atoms with Gasteiger partial charge in [0.25, 0.3) is 0 Å². The van der Waals surface area contributed by atoms with Crippen molar-refractivity contribution in [3.63, 3.8) is 0 Å². The minimum atomic E-state index is 0.564. The van der Waals surface area contributed by atoms with Gasteiger partial charge in [-0.15, -0.1) is 0 Å². The molecule has 3 rings (SSSR count). The topological polar surface area (TPSA) is 63.9 Å². The molecule has 0 unspecified atom stereocenters. The molecule has 0 radical (unpaired) electrons. The third-order valence-corrected chi connectivity index (χ3v) is 3.48. The summed E-state index contributed by atoms with van der Waals surface area (Å²) in [4.78, 5) is 7.77. The summed E-state index contributed by atoms with van der Waals surface area (Å²) < 4.78 is 5.34. The van der Waals surface area contributed by atoms with Gasteiger partial charge in [-0.1, -0.05) is 23.7 Å². The lowest BCUT2D eigenvalue weighted by Gasteiger charge is -2.05. The second-order valence-corrected chi connectivity index (χ2v) is 5.10. The predicted octanol–water partition coefficient (Wildman–Crippen LogP) is 3.78. The Hall–Kier alpha value is -2.20. The van der Waals surface area contributed by atoms with Crippen LogP contribution in [-0.4, -0.2) is 17.1 Å². The number of halogens is 1. The Labute approximate surface area is 121 Å². The summed E-state index contributed by atoms with van der Waals surface area (Å²) in [5.41, 5.74) is 10.1. The van der Waals surface area contributed by atoms with E-state index in [4.69, 9.17) is 22.1 Å². The lowest BCUT2D eigenvalue weighted by molar-refractivity contribution is 0.412. The first-order chi connectivity index (χ1) is 9.58. The van der Waals surface area contributed by atoms with E-state index in [1.165, 1.54) is 0 Å². The minimum absolute atomic E-state index is 0.564. The van der Waals surface area contributed by atoms with Crippen LogP contribution in [0.4, 0.5) is 5.69 Å². The van der Waals surface area contributed by atoms with Crippen LogP contribution in [0.1, 0.15) is 5.56 Å². The predicted molar refractivity (Wildman–Crippen MR) is 82.2 cm³/mol. The maximum Gasteiger partial charge on any atom is 0.138 e. The third-order valence-electron chi connectivity index (χ3n) is 3.26. The Balaban J connectivity index is 2.17. The van der Waals surface area contributed by atoms with E-state index in [1.54, 1.807) is 13.2 Å². The van der Waals surface area contributed by atoms with E-state index in [2.05, 4.69) is 9.97 Å². The largest absolute Gasteiger partial charge is 0.496 e. The summed E-state index contributed by atoms with van der Waals surface area (Å²) in [6.45, 7) is 2.00. The fourth-order valence-electron chi connectivity index (χ4n) is 2.21. The first kappa shape index (κ1) is 12.8. The summed E-state index contributed by atoms with van der Waals surface area (Å²) >= 11 is 6.00. The van der Waals surface area contributed by atoms with Gasteiger partial charge in [-0.3, -0.25) is 0 Å². The number of nitrogens with zero attached hydrogens (tertiary/aromatic N) is 1. The van der Waals surface area contributed by atoms with Crippen molar-refractivity contribution in [2.45, 2.75) is 6.92 Å². The first-order valence-electron chi connectivity index (χ1n) is 6.18. The van der Waals surface area contributed by atoms with Crippen LogP contribution in [0.3, 0.4) is 0 Å². The van der Waals surface area contributed by atoms with Gasteiger partial charge in [0.15, 0.2) is 0 Å². The zero-order chi connectivity index (χ0) is 14.3. The fraction of sp³-hybridized carbons (Fsp3) is 0.133. The van der Waals surface area contributed by atoms with Crippen molar-refractivity contribution in [1.82, 2.24) is 9.97 Å². The monoisotopic (exact) mass is 287 g/mol. The Bertz CT molecular complexity index is 795. The van der Waals surface area contributed by atoms with Crippen molar-refractivity contribution >= 4 is 28.3 Å². The van der Waals surface area contributed by atoms with Crippen LogP contribution < -0.4 is 10.5 Å². The minimum Gasteiger partial charge on any atom is -0.496 e. The van der Waals surface area contributed by atoms with Gasteiger partial charge in [-0.25, -0.2) is 4.98 Å². The van der Waals surface area contributed by atoms with Gasteiger partial charge >= 0.3 is 0 Å². The third kappa shape index (κ3) is 2.08. The molecule has 0 aliphatic heterocycles. The van der Waals surface area contributed by atoms with E-state index in [-0.39, 0.29) is 0 Å². The molecule has 0 bridgehead atoms. The Kier molecular flexibility index (Phi) is 3.03. The zero-order valence-electron chi connectivity index (χ0n) is 11.2. The van der Waals surface area contributed by atoms with Gasteiger partial charge in [0.2, 0.25) is 0 Å². The molecule has 0 atom stereocenters. The van der Waals surface area contributed by atoms with E-state index in [9.17, 15) is 0 Å². The van der Waals surface area contributed by atoms with Crippen LogP contribution in [0.5, 0.6) is 5.75 Å². The number of fused-ring (bicyclic) bond motifs is 1. The Morgan fingerprint density at radius 2 is 2.05 bits per heavy atom. The molecule has 5 heteroatoms. The number of rotatable bonds is 2. The number of H-pyrrole nitrogens is 1. The molecule has 20 heavy (non-hydrogen) atoms. The molecule has 0 aliphatic rings. The van der Waals surface area contributed by atoms with Crippen molar-refractivity contribution in [1.29, 1.82) is 0 Å². The number of hydrogen-bond donors (Lipinski definition) is 2.